The lowest BCUT2D eigenvalue weighted by Gasteiger charge is -2.08. The number of hydrogen-bond donors (Lipinski definition) is 0. The Morgan fingerprint density at radius 3 is 2.56 bits per heavy atom. The number of nitriles is 1. The van der Waals surface area contributed by atoms with Crippen LogP contribution in [0, 0.1) is 17.2 Å². The number of nitrogens with zero attached hydrogens (tertiary/aromatic N) is 1. The maximum atomic E-state index is 8.35. The van der Waals surface area contributed by atoms with Crippen LogP contribution in [0.3, 0.4) is 0 Å². The van der Waals surface area contributed by atoms with Crippen LogP contribution in [0.25, 0.3) is 0 Å². The van der Waals surface area contributed by atoms with Crippen molar-refractivity contribution in [2.24, 2.45) is 5.92 Å². The highest BCUT2D eigenvalue weighted by Crippen LogP contribution is 2.14. The fraction of sp³-hybridized carbons (Fsp3) is 0.857. The largest absolute Gasteiger partial charge is 0.197 e. The van der Waals surface area contributed by atoms with Gasteiger partial charge in [-0.15, -0.1) is 11.6 Å². The van der Waals surface area contributed by atoms with Crippen LogP contribution in [0.15, 0.2) is 0 Å². The van der Waals surface area contributed by atoms with Crippen LogP contribution >= 0.6 is 11.6 Å². The van der Waals surface area contributed by atoms with Crippen molar-refractivity contribution in [1.29, 1.82) is 5.26 Å². The van der Waals surface area contributed by atoms with Crippen molar-refractivity contribution < 1.29 is 0 Å². The Morgan fingerprint density at radius 2 is 2.22 bits per heavy atom. The van der Waals surface area contributed by atoms with Gasteiger partial charge in [0.05, 0.1) is 6.07 Å². The predicted molar refractivity (Wildman–Crippen MR) is 39.3 cm³/mol. The van der Waals surface area contributed by atoms with Crippen LogP contribution in [-0.2, 0) is 0 Å². The van der Waals surface area contributed by atoms with Gasteiger partial charge in [0, 0.05) is 0 Å². The average Bonchev–Trinajstić information content (AvgIpc) is 1.87. The lowest BCUT2D eigenvalue weighted by Crippen LogP contribution is -2.07. The molecular weight excluding hydrogens is 134 g/mol. The third-order valence-corrected chi connectivity index (χ3v) is 1.89. The Kier molecular flexibility index (Phi) is 4.53. The molecule has 0 rings (SSSR count). The maximum absolute atomic E-state index is 8.35. The van der Waals surface area contributed by atoms with Crippen LogP contribution in [-0.4, -0.2) is 5.38 Å². The quantitative estimate of drug-likeness (QED) is 0.560. The summed E-state index contributed by atoms with van der Waals surface area (Å²) in [6.07, 6.45) is 2.15. The van der Waals surface area contributed by atoms with Crippen LogP contribution in [0.1, 0.15) is 26.7 Å². The fourth-order valence-electron chi connectivity index (χ4n) is 0.729. The lowest BCUT2D eigenvalue weighted by molar-refractivity contribution is 0.542. The fourth-order valence-corrected chi connectivity index (χ4v) is 0.855. The molecule has 9 heavy (non-hydrogen) atoms. The summed E-state index contributed by atoms with van der Waals surface area (Å²) < 4.78 is 0. The lowest BCUT2D eigenvalue weighted by atomic mass is 10.0. The van der Waals surface area contributed by atoms with Gasteiger partial charge in [0.1, 0.15) is 5.38 Å². The SMILES string of the molecule is CCCC(C)C(Cl)C#N. The summed E-state index contributed by atoms with van der Waals surface area (Å²) in [5.41, 5.74) is 0. The highest BCUT2D eigenvalue weighted by atomic mass is 35.5. The van der Waals surface area contributed by atoms with Gasteiger partial charge in [-0.25, -0.2) is 0 Å². The molecule has 0 radical (unpaired) electrons. The molecule has 2 atom stereocenters. The molecule has 0 amide bonds. The first-order chi connectivity index (χ1) is 4.22. The molecule has 52 valence electrons. The van der Waals surface area contributed by atoms with Crippen molar-refractivity contribution in [2.45, 2.75) is 32.1 Å². The molecule has 0 aromatic rings. The first-order valence-corrected chi connectivity index (χ1v) is 3.69. The second kappa shape index (κ2) is 4.64. The predicted octanol–water partition coefficient (Wildman–Crippen LogP) is 2.55. The van der Waals surface area contributed by atoms with Crippen molar-refractivity contribution in [3.05, 3.63) is 0 Å². The molecule has 0 fully saturated rings. The summed E-state index contributed by atoms with van der Waals surface area (Å²) in [5, 5.41) is 8.05. The van der Waals surface area contributed by atoms with Gasteiger partial charge in [-0.1, -0.05) is 20.3 Å². The summed E-state index contributed by atoms with van der Waals surface area (Å²) in [4.78, 5) is 0. The molecular formula is C7H12ClN. The van der Waals surface area contributed by atoms with Gasteiger partial charge in [0.2, 0.25) is 0 Å². The van der Waals surface area contributed by atoms with Crippen molar-refractivity contribution in [2.75, 3.05) is 0 Å². The van der Waals surface area contributed by atoms with E-state index in [9.17, 15) is 0 Å². The van der Waals surface area contributed by atoms with E-state index in [0.717, 1.165) is 12.8 Å². The molecule has 2 unspecified atom stereocenters. The number of alkyl halides is 1. The van der Waals surface area contributed by atoms with Crippen LogP contribution in [0.2, 0.25) is 0 Å². The van der Waals surface area contributed by atoms with E-state index in [1.807, 2.05) is 13.0 Å². The molecule has 0 bridgehead atoms. The number of rotatable bonds is 3. The van der Waals surface area contributed by atoms with E-state index in [0.29, 0.717) is 5.92 Å². The minimum Gasteiger partial charge on any atom is -0.197 e. The minimum atomic E-state index is -0.301. The molecule has 0 spiro atoms. The summed E-state index contributed by atoms with van der Waals surface area (Å²) >= 11 is 5.63. The van der Waals surface area contributed by atoms with E-state index < -0.39 is 0 Å². The molecule has 0 heterocycles. The van der Waals surface area contributed by atoms with Crippen molar-refractivity contribution in [3.8, 4) is 6.07 Å². The zero-order chi connectivity index (χ0) is 7.28. The molecule has 0 aliphatic carbocycles. The second-order valence-electron chi connectivity index (χ2n) is 2.30. The highest BCUT2D eigenvalue weighted by molar-refractivity contribution is 6.22. The van der Waals surface area contributed by atoms with E-state index >= 15 is 0 Å². The molecule has 0 aliphatic heterocycles. The van der Waals surface area contributed by atoms with E-state index in [-0.39, 0.29) is 5.38 Å². The average molecular weight is 146 g/mol. The summed E-state index contributed by atoms with van der Waals surface area (Å²) in [7, 11) is 0. The monoisotopic (exact) mass is 145 g/mol. The number of halogens is 1. The van der Waals surface area contributed by atoms with Gasteiger partial charge >= 0.3 is 0 Å². The Morgan fingerprint density at radius 1 is 1.67 bits per heavy atom. The van der Waals surface area contributed by atoms with Gasteiger partial charge in [-0.05, 0) is 12.3 Å². The molecule has 0 saturated heterocycles. The third kappa shape index (κ3) is 3.37. The highest BCUT2D eigenvalue weighted by Gasteiger charge is 2.10. The molecule has 0 N–H and O–H groups in total. The third-order valence-electron chi connectivity index (χ3n) is 1.37. The summed E-state index contributed by atoms with van der Waals surface area (Å²) in [6, 6.07) is 2.01. The maximum Gasteiger partial charge on any atom is 0.123 e. The van der Waals surface area contributed by atoms with Crippen LogP contribution in [0.5, 0.6) is 0 Å². The van der Waals surface area contributed by atoms with Crippen molar-refractivity contribution >= 4 is 11.6 Å². The number of hydrogen-bond acceptors (Lipinski definition) is 1. The zero-order valence-corrected chi connectivity index (χ0v) is 6.65. The summed E-state index contributed by atoms with van der Waals surface area (Å²) in [6.45, 7) is 4.10. The topological polar surface area (TPSA) is 23.8 Å². The normalized spacial score (nSPS) is 16.2. The van der Waals surface area contributed by atoms with Gasteiger partial charge in [0.25, 0.3) is 0 Å². The van der Waals surface area contributed by atoms with Crippen LogP contribution < -0.4 is 0 Å². The standard InChI is InChI=1S/C7H12ClN/c1-3-4-6(2)7(8)5-9/h6-7H,3-4H2,1-2H3. The first-order valence-electron chi connectivity index (χ1n) is 3.26. The van der Waals surface area contributed by atoms with Gasteiger partial charge < -0.3 is 0 Å². The van der Waals surface area contributed by atoms with E-state index in [4.69, 9.17) is 16.9 Å². The second-order valence-corrected chi connectivity index (χ2v) is 2.77. The van der Waals surface area contributed by atoms with Crippen molar-refractivity contribution in [3.63, 3.8) is 0 Å². The molecule has 0 aromatic carbocycles. The van der Waals surface area contributed by atoms with Crippen molar-refractivity contribution in [1.82, 2.24) is 0 Å². The summed E-state index contributed by atoms with van der Waals surface area (Å²) in [5.74, 6) is 0.335. The van der Waals surface area contributed by atoms with E-state index in [2.05, 4.69) is 6.92 Å². The van der Waals surface area contributed by atoms with Crippen LogP contribution in [0.4, 0.5) is 0 Å². The molecule has 0 aromatic heterocycles. The minimum absolute atomic E-state index is 0.301. The molecule has 0 aliphatic rings. The Labute approximate surface area is 61.6 Å². The Balaban J connectivity index is 3.48. The van der Waals surface area contributed by atoms with E-state index in [1.165, 1.54) is 0 Å². The van der Waals surface area contributed by atoms with Gasteiger partial charge in [-0.2, -0.15) is 5.26 Å². The smallest absolute Gasteiger partial charge is 0.123 e. The van der Waals surface area contributed by atoms with Gasteiger partial charge in [-0.3, -0.25) is 0 Å². The van der Waals surface area contributed by atoms with E-state index in [1.54, 1.807) is 0 Å². The first kappa shape index (κ1) is 8.78. The Hall–Kier alpha value is -0.220. The molecule has 2 heteroatoms. The molecule has 1 nitrogen and oxygen atoms in total. The Bertz CT molecular complexity index is 106. The molecule has 0 saturated carbocycles. The zero-order valence-electron chi connectivity index (χ0n) is 5.89. The van der Waals surface area contributed by atoms with Gasteiger partial charge in [0.15, 0.2) is 0 Å².